The van der Waals surface area contributed by atoms with Crippen LogP contribution in [-0.4, -0.2) is 46.2 Å². The Morgan fingerprint density at radius 1 is 1.26 bits per heavy atom. The van der Waals surface area contributed by atoms with Crippen molar-refractivity contribution in [1.29, 1.82) is 0 Å². The van der Waals surface area contributed by atoms with Gasteiger partial charge in [0.1, 0.15) is 6.26 Å². The van der Waals surface area contributed by atoms with E-state index in [9.17, 15) is 4.79 Å². The maximum atomic E-state index is 12.5. The Balaban J connectivity index is 1.18. The largest absolute Gasteiger partial charge is 0.472 e. The van der Waals surface area contributed by atoms with Crippen molar-refractivity contribution in [2.45, 2.75) is 56.5 Å². The van der Waals surface area contributed by atoms with Gasteiger partial charge in [0.2, 0.25) is 5.89 Å². The molecule has 2 aromatic heterocycles. The molecule has 3 aliphatic rings. The van der Waals surface area contributed by atoms with E-state index in [0.717, 1.165) is 63.5 Å². The van der Waals surface area contributed by atoms with Crippen molar-refractivity contribution in [2.75, 3.05) is 19.7 Å². The summed E-state index contributed by atoms with van der Waals surface area (Å²) in [6, 6.07) is 1.72. The summed E-state index contributed by atoms with van der Waals surface area (Å²) in [5.41, 5.74) is 0.506. The molecule has 2 aliphatic heterocycles. The number of likely N-dealkylation sites (tertiary alicyclic amines) is 1. The van der Waals surface area contributed by atoms with Crippen molar-refractivity contribution in [3.63, 3.8) is 0 Å². The number of rotatable bonds is 4. The van der Waals surface area contributed by atoms with E-state index in [1.165, 1.54) is 19.1 Å². The molecule has 0 N–H and O–H groups in total. The van der Waals surface area contributed by atoms with Gasteiger partial charge in [0.25, 0.3) is 5.91 Å². The van der Waals surface area contributed by atoms with Crippen molar-refractivity contribution >= 4 is 5.91 Å². The number of nitrogens with zero attached hydrogens (tertiary/aromatic N) is 3. The number of hydrogen-bond acceptors (Lipinski definition) is 6. The van der Waals surface area contributed by atoms with Crippen molar-refractivity contribution in [3.05, 3.63) is 35.9 Å². The molecule has 27 heavy (non-hydrogen) atoms. The smallest absolute Gasteiger partial charge is 0.257 e. The molecule has 0 bridgehead atoms. The molecule has 1 amide bonds. The molecule has 1 spiro atoms. The van der Waals surface area contributed by atoms with Crippen LogP contribution in [0.1, 0.15) is 66.5 Å². The molecular weight excluding hydrogens is 346 g/mol. The lowest BCUT2D eigenvalue weighted by molar-refractivity contribution is -0.124. The molecule has 1 atom stereocenters. The first-order valence-electron chi connectivity index (χ1n) is 9.99. The lowest BCUT2D eigenvalue weighted by Gasteiger charge is -2.46. The van der Waals surface area contributed by atoms with E-state index in [1.807, 2.05) is 4.90 Å². The summed E-state index contributed by atoms with van der Waals surface area (Å²) in [7, 11) is 0. The number of carbonyl (C=O) groups excluding carboxylic acids is 1. The first-order chi connectivity index (χ1) is 13.2. The number of amides is 1. The number of furan rings is 1. The maximum Gasteiger partial charge on any atom is 0.257 e. The topological polar surface area (TPSA) is 81.6 Å². The number of aromatic nitrogens is 2. The Morgan fingerprint density at radius 2 is 2.11 bits per heavy atom. The van der Waals surface area contributed by atoms with Crippen LogP contribution in [-0.2, 0) is 11.2 Å². The van der Waals surface area contributed by atoms with E-state index in [-0.39, 0.29) is 11.5 Å². The Kier molecular flexibility index (Phi) is 4.27. The first kappa shape index (κ1) is 17.0. The zero-order valence-corrected chi connectivity index (χ0v) is 15.4. The van der Waals surface area contributed by atoms with Gasteiger partial charge in [-0.1, -0.05) is 5.16 Å². The van der Waals surface area contributed by atoms with Crippen molar-refractivity contribution < 1.29 is 18.5 Å². The lowest BCUT2D eigenvalue weighted by atomic mass is 9.78. The summed E-state index contributed by atoms with van der Waals surface area (Å²) in [4.78, 5) is 19.0. The van der Waals surface area contributed by atoms with E-state index in [0.29, 0.717) is 17.4 Å². The van der Waals surface area contributed by atoms with E-state index in [4.69, 9.17) is 13.7 Å². The minimum Gasteiger partial charge on any atom is -0.472 e. The summed E-state index contributed by atoms with van der Waals surface area (Å²) >= 11 is 0. The van der Waals surface area contributed by atoms with Gasteiger partial charge in [-0.15, -0.1) is 0 Å². The average Bonchev–Trinajstić information content (AvgIpc) is 3.18. The molecule has 144 valence electrons. The zero-order chi connectivity index (χ0) is 18.3. The fourth-order valence-electron chi connectivity index (χ4n) is 4.44. The molecule has 7 nitrogen and oxygen atoms in total. The van der Waals surface area contributed by atoms with Crippen molar-refractivity contribution in [2.24, 2.45) is 5.92 Å². The third-order valence-corrected chi connectivity index (χ3v) is 6.21. The van der Waals surface area contributed by atoms with E-state index in [1.54, 1.807) is 12.3 Å². The number of carbonyl (C=O) groups is 1. The fourth-order valence-corrected chi connectivity index (χ4v) is 4.44. The molecule has 7 heteroatoms. The zero-order valence-electron chi connectivity index (χ0n) is 15.4. The third-order valence-electron chi connectivity index (χ3n) is 6.21. The highest BCUT2D eigenvalue weighted by atomic mass is 16.5. The number of piperidine rings is 1. The highest BCUT2D eigenvalue weighted by molar-refractivity contribution is 5.93. The fraction of sp³-hybridized carbons (Fsp3) is 0.650. The summed E-state index contributed by atoms with van der Waals surface area (Å²) in [6.45, 7) is 2.22. The van der Waals surface area contributed by atoms with Gasteiger partial charge in [-0.2, -0.15) is 4.98 Å². The van der Waals surface area contributed by atoms with Gasteiger partial charge >= 0.3 is 0 Å². The van der Waals surface area contributed by atoms with Gasteiger partial charge in [-0.3, -0.25) is 4.79 Å². The molecule has 2 aromatic rings. The molecule has 5 rings (SSSR count). The quantitative estimate of drug-likeness (QED) is 0.821. The van der Waals surface area contributed by atoms with Crippen LogP contribution in [0.2, 0.25) is 0 Å². The van der Waals surface area contributed by atoms with Gasteiger partial charge in [0.15, 0.2) is 5.82 Å². The second-order valence-corrected chi connectivity index (χ2v) is 8.22. The van der Waals surface area contributed by atoms with Gasteiger partial charge in [0, 0.05) is 32.0 Å². The average molecular weight is 371 g/mol. The van der Waals surface area contributed by atoms with Crippen molar-refractivity contribution in [3.8, 4) is 0 Å². The van der Waals surface area contributed by atoms with Gasteiger partial charge in [-0.25, -0.2) is 0 Å². The lowest BCUT2D eigenvalue weighted by Crippen LogP contribution is -2.51. The molecular formula is C20H25N3O4. The monoisotopic (exact) mass is 371 g/mol. The predicted molar refractivity (Wildman–Crippen MR) is 95.2 cm³/mol. The minimum absolute atomic E-state index is 0.0458. The van der Waals surface area contributed by atoms with Crippen LogP contribution in [0.3, 0.4) is 0 Å². The second-order valence-electron chi connectivity index (χ2n) is 8.22. The molecule has 4 heterocycles. The number of ether oxygens (including phenoxy) is 1. The van der Waals surface area contributed by atoms with Crippen LogP contribution in [0, 0.1) is 5.92 Å². The molecule has 1 aliphatic carbocycles. The summed E-state index contributed by atoms with van der Waals surface area (Å²) in [6.07, 6.45) is 10.1. The van der Waals surface area contributed by atoms with Gasteiger partial charge in [0.05, 0.1) is 17.4 Å². The Morgan fingerprint density at radius 3 is 2.85 bits per heavy atom. The van der Waals surface area contributed by atoms with Crippen LogP contribution in [0.4, 0.5) is 0 Å². The highest BCUT2D eigenvalue weighted by Crippen LogP contribution is 2.40. The SMILES string of the molecule is O=C(c1ccoc1)N1CCC2(CC1)CC(Cc1nc(C3CC3)no1)CCO2. The van der Waals surface area contributed by atoms with Crippen LogP contribution >= 0.6 is 0 Å². The molecule has 0 aromatic carbocycles. The van der Waals surface area contributed by atoms with Gasteiger partial charge < -0.3 is 18.6 Å². The van der Waals surface area contributed by atoms with E-state index < -0.39 is 0 Å². The molecule has 0 radical (unpaired) electrons. The maximum absolute atomic E-state index is 12.5. The van der Waals surface area contributed by atoms with E-state index in [2.05, 4.69) is 10.1 Å². The standard InChI is InChI=1S/C20H25N3O4/c24-19(16-4-9-25-13-16)23-7-5-20(6-8-23)12-14(3-10-26-20)11-17-21-18(22-27-17)15-1-2-15/h4,9,13-15H,1-3,5-8,10-12H2. The van der Waals surface area contributed by atoms with Crippen molar-refractivity contribution in [1.82, 2.24) is 15.0 Å². The summed E-state index contributed by atoms with van der Waals surface area (Å²) in [5, 5.41) is 4.13. The molecule has 1 saturated carbocycles. The normalized spacial score (nSPS) is 25.0. The van der Waals surface area contributed by atoms with E-state index >= 15 is 0 Å². The van der Waals surface area contributed by atoms with Crippen LogP contribution in [0.5, 0.6) is 0 Å². The molecule has 2 saturated heterocycles. The number of hydrogen-bond donors (Lipinski definition) is 0. The predicted octanol–water partition coefficient (Wildman–Crippen LogP) is 3.18. The summed E-state index contributed by atoms with van der Waals surface area (Å²) < 4.78 is 16.7. The first-order valence-corrected chi connectivity index (χ1v) is 9.99. The highest BCUT2D eigenvalue weighted by Gasteiger charge is 2.41. The Bertz CT molecular complexity index is 788. The van der Waals surface area contributed by atoms with Gasteiger partial charge in [-0.05, 0) is 50.5 Å². The minimum atomic E-state index is -0.116. The van der Waals surface area contributed by atoms with Crippen LogP contribution in [0.15, 0.2) is 27.5 Å². The molecule has 3 fully saturated rings. The Hall–Kier alpha value is -2.15. The Labute approximate surface area is 158 Å². The third kappa shape index (κ3) is 3.52. The molecule has 1 unspecified atom stereocenters. The van der Waals surface area contributed by atoms with Crippen LogP contribution in [0.25, 0.3) is 0 Å². The summed E-state index contributed by atoms with van der Waals surface area (Å²) in [5.74, 6) is 2.73. The van der Waals surface area contributed by atoms with Crippen LogP contribution < -0.4 is 0 Å². The second kappa shape index (κ2) is 6.78.